The first-order valence-corrected chi connectivity index (χ1v) is 14.3. The molecule has 0 saturated carbocycles. The van der Waals surface area contributed by atoms with Gasteiger partial charge in [0.1, 0.15) is 18.4 Å². The first kappa shape index (κ1) is 29.1. The molecule has 38 heavy (non-hydrogen) atoms. The number of rotatable bonds is 11. The van der Waals surface area contributed by atoms with Crippen LogP contribution in [0.1, 0.15) is 23.6 Å². The van der Waals surface area contributed by atoms with Crippen molar-refractivity contribution in [3.05, 3.63) is 100 Å². The number of benzene rings is 3. The lowest BCUT2D eigenvalue weighted by atomic mass is 10.0. The Labute approximate surface area is 228 Å². The number of nitrogens with zero attached hydrogens (tertiary/aromatic N) is 2. The van der Waals surface area contributed by atoms with Crippen LogP contribution in [0.5, 0.6) is 0 Å². The summed E-state index contributed by atoms with van der Waals surface area (Å²) in [6, 6.07) is 18.8. The van der Waals surface area contributed by atoms with Crippen molar-refractivity contribution in [2.24, 2.45) is 0 Å². The van der Waals surface area contributed by atoms with E-state index < -0.39 is 40.2 Å². The number of aryl methyl sites for hydroxylation is 1. The van der Waals surface area contributed by atoms with Gasteiger partial charge in [0.15, 0.2) is 0 Å². The third-order valence-electron chi connectivity index (χ3n) is 6.04. The summed E-state index contributed by atoms with van der Waals surface area (Å²) >= 11 is 6.14. The van der Waals surface area contributed by atoms with Gasteiger partial charge in [0, 0.05) is 30.1 Å². The minimum absolute atomic E-state index is 0.155. The highest BCUT2D eigenvalue weighted by Gasteiger charge is 2.33. The maximum absolute atomic E-state index is 14.7. The fourth-order valence-electron chi connectivity index (χ4n) is 4.10. The molecular formula is C28H31ClFN3O4S. The molecule has 0 fully saturated rings. The molecule has 0 aromatic heterocycles. The van der Waals surface area contributed by atoms with Gasteiger partial charge < -0.3 is 10.2 Å². The summed E-state index contributed by atoms with van der Waals surface area (Å²) < 4.78 is 41.3. The van der Waals surface area contributed by atoms with E-state index in [2.05, 4.69) is 5.32 Å². The average Bonchev–Trinajstić information content (AvgIpc) is 2.87. The Morgan fingerprint density at radius 2 is 1.68 bits per heavy atom. The maximum atomic E-state index is 14.7. The van der Waals surface area contributed by atoms with Gasteiger partial charge in [-0.15, -0.1) is 0 Å². The number of carbonyl (C=O) groups is 2. The van der Waals surface area contributed by atoms with Gasteiger partial charge in [-0.05, 0) is 43.2 Å². The number of sulfonamides is 1. The SMILES string of the molecule is CCNC(=O)[C@H](Cc1ccccc1)N(Cc1ccccc1F)C(=O)CN(c1cc(Cl)ccc1C)S(C)(=O)=O. The van der Waals surface area contributed by atoms with Crippen LogP contribution in [-0.4, -0.2) is 50.5 Å². The second-order valence-electron chi connectivity index (χ2n) is 8.91. The monoisotopic (exact) mass is 559 g/mol. The Morgan fingerprint density at radius 1 is 1.03 bits per heavy atom. The molecule has 0 heterocycles. The lowest BCUT2D eigenvalue weighted by molar-refractivity contribution is -0.140. The molecule has 0 unspecified atom stereocenters. The molecule has 3 aromatic carbocycles. The van der Waals surface area contributed by atoms with E-state index in [4.69, 9.17) is 11.6 Å². The van der Waals surface area contributed by atoms with Crippen LogP contribution in [0.2, 0.25) is 5.02 Å². The fraction of sp³-hybridized carbons (Fsp3) is 0.286. The molecule has 0 aliphatic rings. The van der Waals surface area contributed by atoms with Gasteiger partial charge in [0.05, 0.1) is 11.9 Å². The van der Waals surface area contributed by atoms with Crippen LogP contribution in [0.4, 0.5) is 10.1 Å². The minimum atomic E-state index is -3.93. The number of hydrogen-bond donors (Lipinski definition) is 1. The van der Waals surface area contributed by atoms with Crippen molar-refractivity contribution >= 4 is 39.1 Å². The number of likely N-dealkylation sites (N-methyl/N-ethyl adjacent to an activating group) is 1. The van der Waals surface area contributed by atoms with Crippen LogP contribution >= 0.6 is 11.6 Å². The van der Waals surface area contributed by atoms with E-state index in [1.165, 1.54) is 29.2 Å². The third-order valence-corrected chi connectivity index (χ3v) is 7.40. The molecule has 0 radical (unpaired) electrons. The second kappa shape index (κ2) is 12.9. The quantitative estimate of drug-likeness (QED) is 0.379. The van der Waals surface area contributed by atoms with Gasteiger partial charge >= 0.3 is 0 Å². The maximum Gasteiger partial charge on any atom is 0.244 e. The Morgan fingerprint density at radius 3 is 2.32 bits per heavy atom. The number of carbonyl (C=O) groups excluding carboxylic acids is 2. The van der Waals surface area contributed by atoms with E-state index >= 15 is 0 Å². The summed E-state index contributed by atoms with van der Waals surface area (Å²) in [6.07, 6.45) is 1.15. The zero-order valence-corrected chi connectivity index (χ0v) is 23.1. The number of amides is 2. The lowest BCUT2D eigenvalue weighted by Crippen LogP contribution is -2.53. The summed E-state index contributed by atoms with van der Waals surface area (Å²) in [7, 11) is -3.93. The summed E-state index contributed by atoms with van der Waals surface area (Å²) in [4.78, 5) is 28.4. The number of hydrogen-bond acceptors (Lipinski definition) is 4. The third kappa shape index (κ3) is 7.55. The second-order valence-corrected chi connectivity index (χ2v) is 11.3. The molecule has 0 aliphatic heterocycles. The highest BCUT2D eigenvalue weighted by molar-refractivity contribution is 7.92. The fourth-order valence-corrected chi connectivity index (χ4v) is 5.17. The number of anilines is 1. The Kier molecular flexibility index (Phi) is 9.88. The molecule has 10 heteroatoms. The van der Waals surface area contributed by atoms with Gasteiger partial charge in [-0.3, -0.25) is 13.9 Å². The first-order valence-electron chi connectivity index (χ1n) is 12.1. The van der Waals surface area contributed by atoms with E-state index in [1.54, 1.807) is 32.0 Å². The zero-order valence-electron chi connectivity index (χ0n) is 21.5. The molecule has 1 N–H and O–H groups in total. The molecule has 1 atom stereocenters. The normalized spacial score (nSPS) is 12.0. The van der Waals surface area contributed by atoms with Crippen molar-refractivity contribution in [3.8, 4) is 0 Å². The smallest absolute Gasteiger partial charge is 0.244 e. The summed E-state index contributed by atoms with van der Waals surface area (Å²) in [5.41, 5.74) is 1.84. The molecule has 0 spiro atoms. The van der Waals surface area contributed by atoms with Gasteiger partial charge in [-0.25, -0.2) is 12.8 Å². The lowest BCUT2D eigenvalue weighted by Gasteiger charge is -2.33. The zero-order chi connectivity index (χ0) is 27.9. The molecule has 0 saturated heterocycles. The van der Waals surface area contributed by atoms with E-state index in [9.17, 15) is 22.4 Å². The van der Waals surface area contributed by atoms with Crippen LogP contribution in [0.25, 0.3) is 0 Å². The largest absolute Gasteiger partial charge is 0.355 e. The van der Waals surface area contributed by atoms with Crippen molar-refractivity contribution in [2.45, 2.75) is 32.9 Å². The summed E-state index contributed by atoms with van der Waals surface area (Å²) in [5, 5.41) is 3.06. The van der Waals surface area contributed by atoms with Crippen molar-refractivity contribution in [1.29, 1.82) is 0 Å². The topological polar surface area (TPSA) is 86.8 Å². The van der Waals surface area contributed by atoms with Gasteiger partial charge in [0.2, 0.25) is 21.8 Å². The average molecular weight is 560 g/mol. The van der Waals surface area contributed by atoms with Gasteiger partial charge in [-0.2, -0.15) is 0 Å². The Hall–Kier alpha value is -3.43. The van der Waals surface area contributed by atoms with Crippen molar-refractivity contribution < 1.29 is 22.4 Å². The predicted molar refractivity (Wildman–Crippen MR) is 148 cm³/mol. The van der Waals surface area contributed by atoms with Crippen LogP contribution < -0.4 is 9.62 Å². The van der Waals surface area contributed by atoms with E-state index in [1.807, 2.05) is 30.3 Å². The van der Waals surface area contributed by atoms with Gasteiger partial charge in [0.25, 0.3) is 0 Å². The molecule has 2 amide bonds. The number of nitrogens with one attached hydrogen (secondary N) is 1. The Balaban J connectivity index is 2.08. The standard InChI is InChI=1S/C28H31ClFN3O4S/c1-4-31-28(35)26(16-21-10-6-5-7-11-21)32(18-22-12-8-9-13-24(22)30)27(34)19-33(38(3,36)37)25-17-23(29)15-14-20(25)2/h5-15,17,26H,4,16,18-19H2,1-3H3,(H,31,35)/t26-/m0/s1. The summed E-state index contributed by atoms with van der Waals surface area (Å²) in [5.74, 6) is -1.62. The van der Waals surface area contributed by atoms with Crippen LogP contribution in [0.15, 0.2) is 72.8 Å². The van der Waals surface area contributed by atoms with Crippen molar-refractivity contribution in [3.63, 3.8) is 0 Å². The van der Waals surface area contributed by atoms with Crippen LogP contribution in [0.3, 0.4) is 0 Å². The summed E-state index contributed by atoms with van der Waals surface area (Å²) in [6.45, 7) is 2.96. The Bertz CT molecular complexity index is 1390. The molecule has 202 valence electrons. The van der Waals surface area contributed by atoms with Crippen LogP contribution in [-0.2, 0) is 32.6 Å². The minimum Gasteiger partial charge on any atom is -0.355 e. The highest BCUT2D eigenvalue weighted by Crippen LogP contribution is 2.27. The highest BCUT2D eigenvalue weighted by atomic mass is 35.5. The molecule has 3 rings (SSSR count). The van der Waals surface area contributed by atoms with Crippen molar-refractivity contribution in [1.82, 2.24) is 10.2 Å². The molecule has 3 aromatic rings. The first-order chi connectivity index (χ1) is 18.0. The van der Waals surface area contributed by atoms with E-state index in [0.717, 1.165) is 16.1 Å². The van der Waals surface area contributed by atoms with Crippen molar-refractivity contribution in [2.75, 3.05) is 23.7 Å². The molecule has 0 bridgehead atoms. The number of halogens is 2. The molecule has 0 aliphatic carbocycles. The van der Waals surface area contributed by atoms with Gasteiger partial charge in [-0.1, -0.05) is 66.2 Å². The van der Waals surface area contributed by atoms with Crippen LogP contribution in [0, 0.1) is 12.7 Å². The van der Waals surface area contributed by atoms with E-state index in [0.29, 0.717) is 17.1 Å². The predicted octanol–water partition coefficient (Wildman–Crippen LogP) is 4.33. The molecular weight excluding hydrogens is 529 g/mol. The molecule has 7 nitrogen and oxygen atoms in total. The van der Waals surface area contributed by atoms with E-state index in [-0.39, 0.29) is 24.2 Å².